The van der Waals surface area contributed by atoms with Crippen molar-refractivity contribution in [1.82, 2.24) is 25.3 Å². The molecule has 2 amide bonds. The number of carbonyl (C=O) groups is 3. The average molecular weight is 838 g/mol. The smallest absolute Gasteiger partial charge is 0.324 e. The molecule has 7 rings (SSSR count). The van der Waals surface area contributed by atoms with E-state index in [9.17, 15) is 14.4 Å². The van der Waals surface area contributed by atoms with E-state index >= 15 is 0 Å². The van der Waals surface area contributed by atoms with Crippen molar-refractivity contribution < 1.29 is 28.6 Å². The van der Waals surface area contributed by atoms with Crippen molar-refractivity contribution in [2.75, 3.05) is 32.6 Å². The number of esters is 1. The van der Waals surface area contributed by atoms with Crippen LogP contribution in [0.3, 0.4) is 0 Å². The number of rotatable bonds is 11. The van der Waals surface area contributed by atoms with Crippen LogP contribution in [-0.2, 0) is 41.6 Å². The third-order valence-corrected chi connectivity index (χ3v) is 13.1. The molecule has 3 aromatic rings. The van der Waals surface area contributed by atoms with Crippen molar-refractivity contribution in [3.8, 4) is 0 Å². The van der Waals surface area contributed by atoms with Crippen LogP contribution >= 0.6 is 11.8 Å². The number of pyridine rings is 1. The van der Waals surface area contributed by atoms with Gasteiger partial charge < -0.3 is 24.1 Å². The number of benzene rings is 1. The Balaban J connectivity index is 1.35. The molecule has 1 aromatic carbocycles. The number of hydrogen-bond acceptors (Lipinski definition) is 11. The number of carbonyl (C=O) groups excluding carboxylic acids is 3. The van der Waals surface area contributed by atoms with Crippen LogP contribution in [0.25, 0.3) is 16.5 Å². The lowest BCUT2D eigenvalue weighted by atomic mass is 9.84. The lowest BCUT2D eigenvalue weighted by Gasteiger charge is -2.37. The van der Waals surface area contributed by atoms with Crippen molar-refractivity contribution in [1.29, 1.82) is 0 Å². The van der Waals surface area contributed by atoms with Gasteiger partial charge in [0.1, 0.15) is 23.2 Å². The van der Waals surface area contributed by atoms with E-state index in [-0.39, 0.29) is 42.4 Å². The Morgan fingerprint density at radius 3 is 2.75 bits per heavy atom. The summed E-state index contributed by atoms with van der Waals surface area (Å²) in [5.74, 6) is -0.771. The molecule has 13 nitrogen and oxygen atoms in total. The molecule has 4 aliphatic rings. The van der Waals surface area contributed by atoms with E-state index in [2.05, 4.69) is 65.8 Å². The summed E-state index contributed by atoms with van der Waals surface area (Å²) in [6.45, 7) is 17.9. The number of fused-ring (bicyclic) bond motifs is 5. The third kappa shape index (κ3) is 8.88. The first-order valence-corrected chi connectivity index (χ1v) is 22.2. The first kappa shape index (κ1) is 43.5. The number of cyclic esters (lactones) is 1. The Morgan fingerprint density at radius 2 is 2.05 bits per heavy atom. The van der Waals surface area contributed by atoms with E-state index < -0.39 is 29.6 Å². The number of ether oxygens (including phenoxy) is 3. The molecule has 60 heavy (non-hydrogen) atoms. The first-order chi connectivity index (χ1) is 28.9. The third-order valence-electron chi connectivity index (χ3n) is 12.0. The summed E-state index contributed by atoms with van der Waals surface area (Å²) in [4.78, 5) is 57.1. The predicted octanol–water partition coefficient (Wildman–Crippen LogP) is 6.58. The molecule has 2 aromatic heterocycles. The number of nitrogens with zero attached hydrogens (tertiary/aromatic N) is 5. The fourth-order valence-electron chi connectivity index (χ4n) is 8.75. The maximum absolute atomic E-state index is 14.7. The van der Waals surface area contributed by atoms with Gasteiger partial charge in [0, 0.05) is 84.4 Å². The number of hydrogen-bond donors (Lipinski definition) is 2. The molecule has 1 saturated carbocycles. The van der Waals surface area contributed by atoms with Gasteiger partial charge >= 0.3 is 5.97 Å². The van der Waals surface area contributed by atoms with Crippen LogP contribution in [0.1, 0.15) is 95.3 Å². The van der Waals surface area contributed by atoms with Gasteiger partial charge in [-0.2, -0.15) is 0 Å². The Labute approximate surface area is 357 Å². The minimum atomic E-state index is -1.10. The molecular weight excluding hydrogens is 779 g/mol. The van der Waals surface area contributed by atoms with Gasteiger partial charge in [0.25, 0.3) is 5.91 Å². The van der Waals surface area contributed by atoms with Crippen molar-refractivity contribution in [3.63, 3.8) is 0 Å². The highest BCUT2D eigenvalue weighted by atomic mass is 32.2. The standard InChI is InChI=1S/C46H59N7O6S/c1-9-29(38(47-10-2)27(5)57-8)40-33-24-46(6,7)26-59-45(56)35-17-15-21-53(51-35)44(55)39(50-42(54)32-23-30(32)34-16-13-14-20-48-34)41(58-12-4)43-49-36(25-60-43)28-18-19-37(31(33)22-28)52(40)11-3/h9-10,13-14,16,18-20,22,27,30,32,35-36,39,41,51H,1,11-12,15,17,21,23-26H2,2-8H3,(H,50,54)/b38-29+,47-10?/t27-,30+,32-,35-,36?,39-,41-/m0/s1. The molecule has 5 heterocycles. The molecule has 2 fully saturated rings. The topological polar surface area (TPSA) is 149 Å². The minimum absolute atomic E-state index is 0.0274. The predicted molar refractivity (Wildman–Crippen MR) is 237 cm³/mol. The largest absolute Gasteiger partial charge is 0.464 e. The van der Waals surface area contributed by atoms with Crippen LogP contribution in [0.5, 0.6) is 0 Å². The van der Waals surface area contributed by atoms with E-state index in [1.54, 1.807) is 31.3 Å². The van der Waals surface area contributed by atoms with Crippen LogP contribution in [0.4, 0.5) is 0 Å². The van der Waals surface area contributed by atoms with E-state index in [0.717, 1.165) is 44.7 Å². The van der Waals surface area contributed by atoms with Crippen molar-refractivity contribution in [2.45, 2.75) is 110 Å². The van der Waals surface area contributed by atoms with Crippen molar-refractivity contribution in [3.05, 3.63) is 83.5 Å². The molecule has 1 aliphatic carbocycles. The highest BCUT2D eigenvalue weighted by Gasteiger charge is 2.48. The summed E-state index contributed by atoms with van der Waals surface area (Å²) in [7, 11) is 1.68. The molecule has 14 heteroatoms. The van der Waals surface area contributed by atoms with Crippen LogP contribution in [-0.4, -0.2) is 101 Å². The SMILES string of the molecule is C=C/C(=C(\N=CC)[C@H](C)OC)c1c2c3cc(ccc3n1CC)C1CSC(=N1)[C@@H](OCC)[C@H](NC(=O)[C@H]1C[C@H]1c1ccccn1)C(=O)N1CCC[C@H](N1)C(=O)OCC(C)(C)C2. The van der Waals surface area contributed by atoms with Gasteiger partial charge in [-0.05, 0) is 88.8 Å². The number of nitrogens with one attached hydrogen (secondary N) is 2. The zero-order valence-corrected chi connectivity index (χ0v) is 36.7. The fraction of sp³-hybridized carbons (Fsp3) is 0.522. The lowest BCUT2D eigenvalue weighted by molar-refractivity contribution is -0.156. The quantitative estimate of drug-likeness (QED) is 0.124. The maximum Gasteiger partial charge on any atom is 0.324 e. The van der Waals surface area contributed by atoms with Crippen LogP contribution in [0.2, 0.25) is 0 Å². The van der Waals surface area contributed by atoms with Gasteiger partial charge in [-0.3, -0.25) is 34.4 Å². The summed E-state index contributed by atoms with van der Waals surface area (Å²) >= 11 is 1.55. The fourth-order valence-corrected chi connectivity index (χ4v) is 9.92. The average Bonchev–Trinajstić information content (AvgIpc) is 3.83. The molecule has 1 saturated heterocycles. The number of aromatic nitrogens is 2. The lowest BCUT2D eigenvalue weighted by Crippen LogP contribution is -2.63. The van der Waals surface area contributed by atoms with E-state index in [1.165, 1.54) is 5.01 Å². The van der Waals surface area contributed by atoms with Gasteiger partial charge in [0.2, 0.25) is 5.91 Å². The number of thioether (sulfide) groups is 1. The molecule has 0 radical (unpaired) electrons. The van der Waals surface area contributed by atoms with E-state index in [1.807, 2.05) is 45.0 Å². The Morgan fingerprint density at radius 1 is 1.23 bits per heavy atom. The second-order valence-corrected chi connectivity index (χ2v) is 17.8. The van der Waals surface area contributed by atoms with E-state index in [4.69, 9.17) is 24.2 Å². The van der Waals surface area contributed by atoms with Crippen LogP contribution in [0, 0.1) is 11.3 Å². The van der Waals surface area contributed by atoms with Gasteiger partial charge in [-0.15, -0.1) is 11.8 Å². The van der Waals surface area contributed by atoms with Gasteiger partial charge in [0.05, 0.1) is 30.1 Å². The van der Waals surface area contributed by atoms with Gasteiger partial charge in [-0.1, -0.05) is 38.6 Å². The molecule has 2 N–H and O–H groups in total. The summed E-state index contributed by atoms with van der Waals surface area (Å²) in [6, 6.07) is 10.2. The molecule has 1 unspecified atom stereocenters. The maximum atomic E-state index is 14.7. The number of hydrazine groups is 1. The summed E-state index contributed by atoms with van der Waals surface area (Å²) in [5.41, 5.74) is 9.37. The number of amides is 2. The molecule has 6 bridgehead atoms. The molecule has 3 aliphatic heterocycles. The molecule has 0 spiro atoms. The summed E-state index contributed by atoms with van der Waals surface area (Å²) in [5, 5.41) is 6.28. The Kier molecular flexibility index (Phi) is 13.4. The zero-order valence-electron chi connectivity index (χ0n) is 35.9. The highest BCUT2D eigenvalue weighted by molar-refractivity contribution is 8.14. The second kappa shape index (κ2) is 18.6. The molecular formula is C46H59N7O6S. The second-order valence-electron chi connectivity index (χ2n) is 16.7. The summed E-state index contributed by atoms with van der Waals surface area (Å²) in [6.07, 6.45) is 6.51. The Bertz CT molecular complexity index is 2200. The van der Waals surface area contributed by atoms with Crippen LogP contribution in [0.15, 0.2) is 70.9 Å². The zero-order chi connectivity index (χ0) is 42.7. The number of allylic oxidation sites excluding steroid dienone is 2. The number of aliphatic imine (C=N–C) groups is 2. The minimum Gasteiger partial charge on any atom is -0.464 e. The molecule has 320 valence electrons. The monoisotopic (exact) mass is 837 g/mol. The molecule has 7 atom stereocenters. The van der Waals surface area contributed by atoms with Crippen LogP contribution < -0.4 is 10.7 Å². The number of aryl methyl sites for hydroxylation is 1. The normalized spacial score (nSPS) is 26.6. The van der Waals surface area contributed by atoms with Crippen molar-refractivity contribution >= 4 is 57.3 Å². The van der Waals surface area contributed by atoms with E-state index in [0.29, 0.717) is 56.2 Å². The van der Waals surface area contributed by atoms with Gasteiger partial charge in [0.15, 0.2) is 0 Å². The summed E-state index contributed by atoms with van der Waals surface area (Å²) < 4.78 is 20.6. The first-order valence-electron chi connectivity index (χ1n) is 21.2. The number of methoxy groups -OCH3 is 1. The van der Waals surface area contributed by atoms with Crippen molar-refractivity contribution in [2.24, 2.45) is 21.3 Å². The highest BCUT2D eigenvalue weighted by Crippen LogP contribution is 2.47. The Hall–Kier alpha value is -4.63. The van der Waals surface area contributed by atoms with Gasteiger partial charge in [-0.25, -0.2) is 5.43 Å².